The first-order chi connectivity index (χ1) is 13.8. The number of hydrogen-bond donors (Lipinski definition) is 2. The number of carboxylic acids is 2. The first-order valence-electron chi connectivity index (χ1n) is 8.80. The Hall–Kier alpha value is -3.87. The van der Waals surface area contributed by atoms with Gasteiger partial charge >= 0.3 is 11.9 Å². The molecule has 7 nitrogen and oxygen atoms in total. The maximum atomic E-state index is 11.4. The number of aliphatic imine (C=N–C) groups is 1. The van der Waals surface area contributed by atoms with E-state index in [1.54, 1.807) is 13.3 Å². The minimum atomic E-state index is -1.19. The average Bonchev–Trinajstić information content (AvgIpc) is 2.99. The summed E-state index contributed by atoms with van der Waals surface area (Å²) in [5.41, 5.74) is 3.43. The highest BCUT2D eigenvalue weighted by molar-refractivity contribution is 5.95. The second-order valence-corrected chi connectivity index (χ2v) is 6.47. The van der Waals surface area contributed by atoms with Gasteiger partial charge in [0.25, 0.3) is 0 Å². The number of hydrogen-bond acceptors (Lipinski definition) is 4. The molecule has 0 saturated carbocycles. The molecule has 0 amide bonds. The Balaban J connectivity index is 2.08. The molecule has 3 aromatic rings. The van der Waals surface area contributed by atoms with Gasteiger partial charge in [0.2, 0.25) is 0 Å². The van der Waals surface area contributed by atoms with Crippen molar-refractivity contribution >= 4 is 23.8 Å². The van der Waals surface area contributed by atoms with Crippen molar-refractivity contribution in [1.29, 1.82) is 0 Å². The van der Waals surface area contributed by atoms with Gasteiger partial charge in [-0.15, -0.1) is 0 Å². The van der Waals surface area contributed by atoms with Crippen molar-refractivity contribution in [3.05, 3.63) is 76.6 Å². The van der Waals surface area contributed by atoms with E-state index in [1.807, 2.05) is 48.7 Å². The van der Waals surface area contributed by atoms with Crippen LogP contribution in [-0.4, -0.2) is 40.0 Å². The molecule has 2 N–H and O–H groups in total. The van der Waals surface area contributed by atoms with E-state index in [2.05, 4.69) is 4.99 Å². The molecule has 0 saturated heterocycles. The van der Waals surface area contributed by atoms with E-state index < -0.39 is 11.9 Å². The lowest BCUT2D eigenvalue weighted by atomic mass is 10.1. The number of rotatable bonds is 6. The maximum absolute atomic E-state index is 11.4. The molecule has 0 bridgehead atoms. The first kappa shape index (κ1) is 19.9. The van der Waals surface area contributed by atoms with Gasteiger partial charge < -0.3 is 19.5 Å². The average molecular weight is 392 g/mol. The number of nitrogens with zero attached hydrogens (tertiary/aromatic N) is 2. The van der Waals surface area contributed by atoms with E-state index in [0.29, 0.717) is 17.1 Å². The Morgan fingerprint density at radius 1 is 1.00 bits per heavy atom. The molecule has 148 valence electrons. The van der Waals surface area contributed by atoms with Gasteiger partial charge in [-0.05, 0) is 50.2 Å². The third-order valence-corrected chi connectivity index (χ3v) is 4.57. The number of aryl methyl sites for hydroxylation is 1. The fourth-order valence-electron chi connectivity index (χ4n) is 3.18. The molecule has 0 atom stereocenters. The predicted molar refractivity (Wildman–Crippen MR) is 109 cm³/mol. The minimum absolute atomic E-state index is 0.0864. The maximum Gasteiger partial charge on any atom is 0.335 e. The van der Waals surface area contributed by atoms with Crippen molar-refractivity contribution in [3.8, 4) is 11.4 Å². The van der Waals surface area contributed by atoms with Crippen molar-refractivity contribution in [2.45, 2.75) is 13.8 Å². The fraction of sp³-hybridized carbons (Fsp3) is 0.136. The van der Waals surface area contributed by atoms with Gasteiger partial charge in [0.15, 0.2) is 0 Å². The van der Waals surface area contributed by atoms with Crippen LogP contribution in [0.15, 0.2) is 53.5 Å². The molecule has 1 aromatic heterocycles. The van der Waals surface area contributed by atoms with Crippen LogP contribution >= 0.6 is 0 Å². The van der Waals surface area contributed by atoms with E-state index in [1.165, 1.54) is 12.1 Å². The molecular weight excluding hydrogens is 372 g/mol. The lowest BCUT2D eigenvalue weighted by molar-refractivity contribution is 0.0696. The van der Waals surface area contributed by atoms with Crippen LogP contribution in [0.5, 0.6) is 5.75 Å². The van der Waals surface area contributed by atoms with Crippen molar-refractivity contribution in [2.24, 2.45) is 4.99 Å². The van der Waals surface area contributed by atoms with Crippen LogP contribution in [0.3, 0.4) is 0 Å². The molecule has 0 aliphatic carbocycles. The van der Waals surface area contributed by atoms with Crippen LogP contribution in [0.4, 0.5) is 5.69 Å². The SMILES string of the molecule is COc1ccccc1N=Cc1cc(C)n(-c2cc(C(=O)O)cc(C(=O)O)c2)c1C. The third kappa shape index (κ3) is 4.03. The highest BCUT2D eigenvalue weighted by atomic mass is 16.5. The Labute approximate surface area is 167 Å². The quantitative estimate of drug-likeness (QED) is 0.611. The van der Waals surface area contributed by atoms with Gasteiger partial charge in [-0.2, -0.15) is 0 Å². The normalized spacial score (nSPS) is 11.0. The molecule has 7 heteroatoms. The van der Waals surface area contributed by atoms with Gasteiger partial charge in [-0.1, -0.05) is 12.1 Å². The largest absolute Gasteiger partial charge is 0.494 e. The van der Waals surface area contributed by atoms with Gasteiger partial charge in [-0.3, -0.25) is 4.99 Å². The molecule has 1 heterocycles. The summed E-state index contributed by atoms with van der Waals surface area (Å²) in [7, 11) is 1.58. The van der Waals surface area contributed by atoms with Gasteiger partial charge in [0.1, 0.15) is 11.4 Å². The van der Waals surface area contributed by atoms with Gasteiger partial charge in [0.05, 0.1) is 18.2 Å². The summed E-state index contributed by atoms with van der Waals surface area (Å²) in [5, 5.41) is 18.7. The summed E-state index contributed by atoms with van der Waals surface area (Å²) in [5.74, 6) is -1.72. The standard InChI is InChI=1S/C22H20N2O5/c1-13-8-17(12-23-19-6-4-5-7-20(19)29-3)14(2)24(13)18-10-15(21(25)26)9-16(11-18)22(27)28/h4-12H,1-3H3,(H,25,26)(H,27,28). The first-order valence-corrected chi connectivity index (χ1v) is 8.80. The molecule has 0 radical (unpaired) electrons. The number of para-hydroxylation sites is 2. The van der Waals surface area contributed by atoms with Crippen molar-refractivity contribution in [3.63, 3.8) is 0 Å². The van der Waals surface area contributed by atoms with E-state index in [9.17, 15) is 19.8 Å². The highest BCUT2D eigenvalue weighted by Crippen LogP contribution is 2.27. The number of benzene rings is 2. The molecule has 0 spiro atoms. The lowest BCUT2D eigenvalue weighted by Gasteiger charge is -2.12. The topological polar surface area (TPSA) is 101 Å². The molecule has 0 aliphatic rings. The van der Waals surface area contributed by atoms with Crippen LogP contribution in [0.2, 0.25) is 0 Å². The van der Waals surface area contributed by atoms with Crippen LogP contribution < -0.4 is 4.74 Å². The predicted octanol–water partition coefficient (Wildman–Crippen LogP) is 4.25. The summed E-state index contributed by atoms with van der Waals surface area (Å²) in [6.45, 7) is 3.73. The monoisotopic (exact) mass is 392 g/mol. The van der Waals surface area contributed by atoms with E-state index in [4.69, 9.17) is 4.74 Å². The number of carbonyl (C=O) groups is 2. The van der Waals surface area contributed by atoms with Crippen molar-refractivity contribution in [1.82, 2.24) is 4.57 Å². The summed E-state index contributed by atoms with van der Waals surface area (Å²) < 4.78 is 7.11. The van der Waals surface area contributed by atoms with Crippen LogP contribution in [0.25, 0.3) is 5.69 Å². The summed E-state index contributed by atoms with van der Waals surface area (Å²) in [4.78, 5) is 27.3. The minimum Gasteiger partial charge on any atom is -0.494 e. The van der Waals surface area contributed by atoms with E-state index in [0.717, 1.165) is 23.0 Å². The number of methoxy groups -OCH3 is 1. The Morgan fingerprint density at radius 2 is 1.62 bits per heavy atom. The third-order valence-electron chi connectivity index (χ3n) is 4.57. The number of aromatic nitrogens is 1. The molecular formula is C22H20N2O5. The van der Waals surface area contributed by atoms with Gasteiger partial charge in [0, 0.05) is 28.9 Å². The molecule has 3 rings (SSSR count). The molecule has 2 aromatic carbocycles. The van der Waals surface area contributed by atoms with Crippen molar-refractivity contribution < 1.29 is 24.5 Å². The zero-order valence-corrected chi connectivity index (χ0v) is 16.2. The van der Waals surface area contributed by atoms with Crippen molar-refractivity contribution in [2.75, 3.05) is 7.11 Å². The second-order valence-electron chi connectivity index (χ2n) is 6.47. The zero-order chi connectivity index (χ0) is 21.1. The Morgan fingerprint density at radius 3 is 2.21 bits per heavy atom. The fourth-order valence-corrected chi connectivity index (χ4v) is 3.18. The van der Waals surface area contributed by atoms with E-state index >= 15 is 0 Å². The summed E-state index contributed by atoms with van der Waals surface area (Å²) in [6.07, 6.45) is 1.70. The molecule has 0 fully saturated rings. The Bertz CT molecular complexity index is 1100. The van der Waals surface area contributed by atoms with E-state index in [-0.39, 0.29) is 11.1 Å². The highest BCUT2D eigenvalue weighted by Gasteiger charge is 2.16. The smallest absolute Gasteiger partial charge is 0.335 e. The second kappa shape index (κ2) is 8.02. The summed E-state index contributed by atoms with van der Waals surface area (Å²) >= 11 is 0. The number of aromatic carboxylic acids is 2. The van der Waals surface area contributed by atoms with Crippen LogP contribution in [0, 0.1) is 13.8 Å². The lowest BCUT2D eigenvalue weighted by Crippen LogP contribution is -2.07. The molecule has 0 unspecified atom stereocenters. The number of carboxylic acid groups (broad SMARTS) is 2. The molecule has 0 aliphatic heterocycles. The van der Waals surface area contributed by atoms with Gasteiger partial charge in [-0.25, -0.2) is 9.59 Å². The molecule has 29 heavy (non-hydrogen) atoms. The van der Waals surface area contributed by atoms with Crippen LogP contribution in [0.1, 0.15) is 37.7 Å². The number of ether oxygens (including phenoxy) is 1. The zero-order valence-electron chi connectivity index (χ0n) is 16.2. The van der Waals surface area contributed by atoms with Crippen LogP contribution in [-0.2, 0) is 0 Å². The Kier molecular flexibility index (Phi) is 5.50. The summed E-state index contributed by atoms with van der Waals surface area (Å²) in [6, 6.07) is 13.3.